The van der Waals surface area contributed by atoms with Crippen LogP contribution in [0.25, 0.3) is 0 Å². The Morgan fingerprint density at radius 2 is 2.07 bits per heavy atom. The molecule has 1 fully saturated rings. The van der Waals surface area contributed by atoms with Crippen LogP contribution in [0.2, 0.25) is 5.02 Å². The highest BCUT2D eigenvalue weighted by atomic mass is 35.5. The molecule has 2 nitrogen and oxygen atoms in total. The molecule has 0 amide bonds. The lowest BCUT2D eigenvalue weighted by Gasteiger charge is -2.18. The third kappa shape index (κ3) is 1.49. The second-order valence-electron chi connectivity index (χ2n) is 3.76. The van der Waals surface area contributed by atoms with Crippen LogP contribution in [0, 0.1) is 11.3 Å². The number of pyridine rings is 1. The summed E-state index contributed by atoms with van der Waals surface area (Å²) < 4.78 is 0. The van der Waals surface area contributed by atoms with Gasteiger partial charge in [0.2, 0.25) is 0 Å². The molecule has 0 spiro atoms. The van der Waals surface area contributed by atoms with Gasteiger partial charge in [-0.1, -0.05) is 24.4 Å². The van der Waals surface area contributed by atoms with Crippen LogP contribution in [-0.4, -0.2) is 4.98 Å². The highest BCUT2D eigenvalue weighted by Gasteiger charge is 2.36. The molecule has 0 unspecified atom stereocenters. The molecular weight excluding hydrogens is 196 g/mol. The Kier molecular flexibility index (Phi) is 2.43. The summed E-state index contributed by atoms with van der Waals surface area (Å²) in [6.45, 7) is 0. The van der Waals surface area contributed by atoms with Gasteiger partial charge in [-0.2, -0.15) is 5.26 Å². The monoisotopic (exact) mass is 206 g/mol. The zero-order chi connectivity index (χ0) is 10.0. The summed E-state index contributed by atoms with van der Waals surface area (Å²) in [6, 6.07) is 6.09. The molecule has 0 radical (unpaired) electrons. The highest BCUT2D eigenvalue weighted by molar-refractivity contribution is 6.30. The molecule has 0 N–H and O–H groups in total. The van der Waals surface area contributed by atoms with E-state index in [0.717, 1.165) is 31.4 Å². The molecule has 1 heterocycles. The molecule has 2 rings (SSSR count). The topological polar surface area (TPSA) is 36.7 Å². The minimum Gasteiger partial charge on any atom is -0.258 e. The van der Waals surface area contributed by atoms with Crippen molar-refractivity contribution < 1.29 is 0 Å². The molecule has 1 aromatic rings. The summed E-state index contributed by atoms with van der Waals surface area (Å²) in [5.41, 5.74) is 0.534. The number of nitriles is 1. The van der Waals surface area contributed by atoms with Gasteiger partial charge in [-0.25, -0.2) is 0 Å². The van der Waals surface area contributed by atoms with E-state index in [2.05, 4.69) is 11.1 Å². The molecule has 3 heteroatoms. The largest absolute Gasteiger partial charge is 0.258 e. The van der Waals surface area contributed by atoms with Crippen LogP contribution in [-0.2, 0) is 5.41 Å². The van der Waals surface area contributed by atoms with Crippen molar-refractivity contribution in [1.82, 2.24) is 4.98 Å². The van der Waals surface area contributed by atoms with Gasteiger partial charge in [-0.05, 0) is 25.0 Å². The standard InChI is InChI=1S/C11H11ClN2/c12-9-3-4-10(14-7-9)11(8-13)5-1-2-6-11/h3-4,7H,1-2,5-6H2. The van der Waals surface area contributed by atoms with Gasteiger partial charge < -0.3 is 0 Å². The molecule has 0 bridgehead atoms. The summed E-state index contributed by atoms with van der Waals surface area (Å²) in [5.74, 6) is 0. The van der Waals surface area contributed by atoms with E-state index in [0.29, 0.717) is 5.02 Å². The molecule has 0 saturated heterocycles. The number of hydrogen-bond acceptors (Lipinski definition) is 2. The first-order valence-corrected chi connectivity index (χ1v) is 5.18. The number of rotatable bonds is 1. The van der Waals surface area contributed by atoms with E-state index in [-0.39, 0.29) is 5.41 Å². The zero-order valence-corrected chi connectivity index (χ0v) is 8.59. The second-order valence-corrected chi connectivity index (χ2v) is 4.20. The van der Waals surface area contributed by atoms with Crippen LogP contribution < -0.4 is 0 Å². The molecule has 1 aliphatic carbocycles. The van der Waals surface area contributed by atoms with Crippen molar-refractivity contribution in [3.05, 3.63) is 29.0 Å². The van der Waals surface area contributed by atoms with Crippen molar-refractivity contribution in [1.29, 1.82) is 5.26 Å². The maximum absolute atomic E-state index is 9.22. The summed E-state index contributed by atoms with van der Waals surface area (Å²) in [7, 11) is 0. The van der Waals surface area contributed by atoms with Gasteiger partial charge >= 0.3 is 0 Å². The first kappa shape index (κ1) is 9.48. The van der Waals surface area contributed by atoms with Gasteiger partial charge in [0.15, 0.2) is 0 Å². The highest BCUT2D eigenvalue weighted by Crippen LogP contribution is 2.39. The predicted octanol–water partition coefficient (Wildman–Crippen LogP) is 3.07. The Balaban J connectivity index is 2.37. The summed E-state index contributed by atoms with van der Waals surface area (Å²) in [5, 5.41) is 9.84. The third-order valence-electron chi connectivity index (χ3n) is 2.89. The van der Waals surface area contributed by atoms with Crippen molar-refractivity contribution in [2.24, 2.45) is 0 Å². The molecule has 1 saturated carbocycles. The van der Waals surface area contributed by atoms with Crippen molar-refractivity contribution >= 4 is 11.6 Å². The lowest BCUT2D eigenvalue weighted by molar-refractivity contribution is 0.554. The molecule has 0 aromatic carbocycles. The average molecular weight is 207 g/mol. The van der Waals surface area contributed by atoms with E-state index < -0.39 is 0 Å². The predicted molar refractivity (Wildman–Crippen MR) is 55.0 cm³/mol. The molecule has 14 heavy (non-hydrogen) atoms. The maximum atomic E-state index is 9.22. The summed E-state index contributed by atoms with van der Waals surface area (Å²) in [4.78, 5) is 4.25. The van der Waals surface area contributed by atoms with E-state index in [1.165, 1.54) is 0 Å². The molecule has 72 valence electrons. The molecule has 1 aliphatic rings. The van der Waals surface area contributed by atoms with Gasteiger partial charge in [0.25, 0.3) is 0 Å². The maximum Gasteiger partial charge on any atom is 0.0993 e. The number of halogens is 1. The van der Waals surface area contributed by atoms with Gasteiger partial charge in [0.05, 0.1) is 22.2 Å². The van der Waals surface area contributed by atoms with E-state index >= 15 is 0 Å². The molecular formula is C11H11ClN2. The molecule has 1 aromatic heterocycles. The Hall–Kier alpha value is -1.07. The van der Waals surface area contributed by atoms with E-state index in [1.807, 2.05) is 6.07 Å². The Morgan fingerprint density at radius 1 is 1.36 bits per heavy atom. The molecule has 0 atom stereocenters. The van der Waals surface area contributed by atoms with Crippen LogP contribution >= 0.6 is 11.6 Å². The van der Waals surface area contributed by atoms with Crippen LogP contribution in [0.3, 0.4) is 0 Å². The van der Waals surface area contributed by atoms with Gasteiger partial charge in [-0.15, -0.1) is 0 Å². The first-order valence-electron chi connectivity index (χ1n) is 4.80. The second kappa shape index (κ2) is 3.59. The Morgan fingerprint density at radius 3 is 2.57 bits per heavy atom. The molecule has 0 aliphatic heterocycles. The van der Waals surface area contributed by atoms with Crippen molar-refractivity contribution in [3.63, 3.8) is 0 Å². The minimum absolute atomic E-state index is 0.343. The van der Waals surface area contributed by atoms with Gasteiger partial charge in [0, 0.05) is 6.20 Å². The Labute approximate surface area is 88.5 Å². The SMILES string of the molecule is N#CC1(c2ccc(Cl)cn2)CCCC1. The van der Waals surface area contributed by atoms with E-state index in [9.17, 15) is 5.26 Å². The number of aromatic nitrogens is 1. The number of hydrogen-bond donors (Lipinski definition) is 0. The lowest BCUT2D eigenvalue weighted by Crippen LogP contribution is -2.20. The van der Waals surface area contributed by atoms with Crippen molar-refractivity contribution in [2.75, 3.05) is 0 Å². The lowest BCUT2D eigenvalue weighted by atomic mass is 9.84. The number of nitrogens with zero attached hydrogens (tertiary/aromatic N) is 2. The fourth-order valence-electron chi connectivity index (χ4n) is 2.06. The quantitative estimate of drug-likeness (QED) is 0.708. The van der Waals surface area contributed by atoms with Crippen molar-refractivity contribution in [3.8, 4) is 6.07 Å². The zero-order valence-electron chi connectivity index (χ0n) is 7.83. The Bertz CT molecular complexity index is 358. The van der Waals surface area contributed by atoms with Gasteiger partial charge in [0.1, 0.15) is 0 Å². The fraction of sp³-hybridized carbons (Fsp3) is 0.455. The smallest absolute Gasteiger partial charge is 0.0993 e. The summed E-state index contributed by atoms with van der Waals surface area (Å²) in [6.07, 6.45) is 5.72. The van der Waals surface area contributed by atoms with E-state index in [1.54, 1.807) is 12.3 Å². The van der Waals surface area contributed by atoms with Crippen LogP contribution in [0.1, 0.15) is 31.4 Å². The van der Waals surface area contributed by atoms with Crippen LogP contribution in [0.5, 0.6) is 0 Å². The first-order chi connectivity index (χ1) is 6.77. The fourth-order valence-corrected chi connectivity index (χ4v) is 2.17. The van der Waals surface area contributed by atoms with Crippen LogP contribution in [0.15, 0.2) is 18.3 Å². The third-order valence-corrected chi connectivity index (χ3v) is 3.11. The summed E-state index contributed by atoms with van der Waals surface area (Å²) >= 11 is 5.76. The minimum atomic E-state index is -0.343. The van der Waals surface area contributed by atoms with Crippen molar-refractivity contribution in [2.45, 2.75) is 31.1 Å². The van der Waals surface area contributed by atoms with Crippen LogP contribution in [0.4, 0.5) is 0 Å². The van der Waals surface area contributed by atoms with Gasteiger partial charge in [-0.3, -0.25) is 4.98 Å². The normalized spacial score (nSPS) is 19.1. The average Bonchev–Trinajstić information content (AvgIpc) is 2.68. The van der Waals surface area contributed by atoms with E-state index in [4.69, 9.17) is 11.6 Å².